The van der Waals surface area contributed by atoms with E-state index >= 15 is 0 Å². The second-order valence-corrected chi connectivity index (χ2v) is 5.27. The SMILES string of the molecule is CN1CCN(c2ccc(Cl)cc2C#N)c2ccccc21. The summed E-state index contributed by atoms with van der Waals surface area (Å²) in [6.45, 7) is 1.77. The van der Waals surface area contributed by atoms with E-state index in [-0.39, 0.29) is 0 Å². The minimum atomic E-state index is 0.590. The van der Waals surface area contributed by atoms with Crippen LogP contribution < -0.4 is 9.80 Å². The molecule has 0 saturated heterocycles. The largest absolute Gasteiger partial charge is 0.371 e. The van der Waals surface area contributed by atoms with Crippen LogP contribution in [0.15, 0.2) is 42.5 Å². The van der Waals surface area contributed by atoms with E-state index < -0.39 is 0 Å². The number of likely N-dealkylation sites (N-methyl/N-ethyl adjacent to an activating group) is 1. The molecule has 0 spiro atoms. The molecule has 1 heterocycles. The van der Waals surface area contributed by atoms with Crippen molar-refractivity contribution < 1.29 is 0 Å². The molecule has 2 aromatic rings. The maximum Gasteiger partial charge on any atom is 0.101 e. The zero-order valence-corrected chi connectivity index (χ0v) is 11.9. The van der Waals surface area contributed by atoms with Crippen molar-refractivity contribution in [2.75, 3.05) is 29.9 Å². The monoisotopic (exact) mass is 283 g/mol. The zero-order valence-electron chi connectivity index (χ0n) is 11.2. The second kappa shape index (κ2) is 5.07. The molecule has 0 radical (unpaired) electrons. The Morgan fingerprint density at radius 3 is 2.55 bits per heavy atom. The molecular weight excluding hydrogens is 270 g/mol. The third kappa shape index (κ3) is 2.09. The van der Waals surface area contributed by atoms with Gasteiger partial charge in [0.1, 0.15) is 6.07 Å². The summed E-state index contributed by atoms with van der Waals surface area (Å²) >= 11 is 5.98. The molecule has 0 fully saturated rings. The molecule has 0 aromatic heterocycles. The van der Waals surface area contributed by atoms with Gasteiger partial charge in [-0.3, -0.25) is 0 Å². The summed E-state index contributed by atoms with van der Waals surface area (Å²) in [6, 6.07) is 15.9. The van der Waals surface area contributed by atoms with Gasteiger partial charge in [-0.05, 0) is 30.3 Å². The third-order valence-corrected chi connectivity index (χ3v) is 3.85. The van der Waals surface area contributed by atoms with Crippen LogP contribution in [-0.4, -0.2) is 20.1 Å². The van der Waals surface area contributed by atoms with Crippen LogP contribution in [0.25, 0.3) is 0 Å². The van der Waals surface area contributed by atoms with Crippen molar-refractivity contribution in [3.05, 3.63) is 53.1 Å². The van der Waals surface area contributed by atoms with Crippen molar-refractivity contribution in [1.29, 1.82) is 5.26 Å². The van der Waals surface area contributed by atoms with Crippen LogP contribution in [0, 0.1) is 11.3 Å². The highest BCUT2D eigenvalue weighted by atomic mass is 35.5. The number of hydrogen-bond acceptors (Lipinski definition) is 3. The van der Waals surface area contributed by atoms with Gasteiger partial charge in [-0.25, -0.2) is 0 Å². The quantitative estimate of drug-likeness (QED) is 0.797. The molecule has 1 aliphatic heterocycles. The standard InChI is InChI=1S/C16H14ClN3/c1-19-8-9-20(16-5-3-2-4-15(16)19)14-7-6-13(17)10-12(14)11-18/h2-7,10H,8-9H2,1H3. The molecule has 0 aliphatic carbocycles. The Kier molecular flexibility index (Phi) is 3.25. The first kappa shape index (κ1) is 12.8. The number of benzene rings is 2. The van der Waals surface area contributed by atoms with Crippen LogP contribution in [0.3, 0.4) is 0 Å². The lowest BCUT2D eigenvalue weighted by Gasteiger charge is -2.37. The smallest absolute Gasteiger partial charge is 0.101 e. The number of anilines is 3. The van der Waals surface area contributed by atoms with Gasteiger partial charge in [-0.1, -0.05) is 23.7 Å². The number of rotatable bonds is 1. The first-order valence-electron chi connectivity index (χ1n) is 6.48. The van der Waals surface area contributed by atoms with Gasteiger partial charge >= 0.3 is 0 Å². The van der Waals surface area contributed by atoms with Crippen molar-refractivity contribution in [2.24, 2.45) is 0 Å². The van der Waals surface area contributed by atoms with Crippen LogP contribution in [0.1, 0.15) is 5.56 Å². The second-order valence-electron chi connectivity index (χ2n) is 4.84. The maximum atomic E-state index is 9.33. The lowest BCUT2D eigenvalue weighted by molar-refractivity contribution is 0.821. The van der Waals surface area contributed by atoms with Gasteiger partial charge in [-0.15, -0.1) is 0 Å². The number of halogens is 1. The molecule has 0 N–H and O–H groups in total. The molecular formula is C16H14ClN3. The van der Waals surface area contributed by atoms with Gasteiger partial charge in [0.25, 0.3) is 0 Å². The summed E-state index contributed by atoms with van der Waals surface area (Å²) in [5.41, 5.74) is 3.83. The Morgan fingerprint density at radius 2 is 1.80 bits per heavy atom. The Hall–Kier alpha value is -2.18. The Balaban J connectivity index is 2.13. The van der Waals surface area contributed by atoms with E-state index in [0.717, 1.165) is 24.5 Å². The van der Waals surface area contributed by atoms with Gasteiger partial charge in [0.15, 0.2) is 0 Å². The lowest BCUT2D eigenvalue weighted by atomic mass is 10.1. The predicted molar refractivity (Wildman–Crippen MR) is 82.9 cm³/mol. The average molecular weight is 284 g/mol. The summed E-state index contributed by atoms with van der Waals surface area (Å²) in [5.74, 6) is 0. The molecule has 100 valence electrons. The van der Waals surface area contributed by atoms with Gasteiger partial charge in [0, 0.05) is 25.2 Å². The summed E-state index contributed by atoms with van der Waals surface area (Å²) in [7, 11) is 2.09. The summed E-state index contributed by atoms with van der Waals surface area (Å²) in [4.78, 5) is 4.41. The van der Waals surface area contributed by atoms with Crippen LogP contribution >= 0.6 is 11.6 Å². The number of fused-ring (bicyclic) bond motifs is 1. The molecule has 0 unspecified atom stereocenters. The molecule has 20 heavy (non-hydrogen) atoms. The molecule has 3 rings (SSSR count). The van der Waals surface area contributed by atoms with Crippen molar-refractivity contribution in [3.63, 3.8) is 0 Å². The fourth-order valence-electron chi connectivity index (χ4n) is 2.59. The van der Waals surface area contributed by atoms with Crippen molar-refractivity contribution in [1.82, 2.24) is 0 Å². The molecule has 2 aromatic carbocycles. The van der Waals surface area contributed by atoms with Crippen LogP contribution in [-0.2, 0) is 0 Å². The molecule has 0 saturated carbocycles. The van der Waals surface area contributed by atoms with E-state index in [1.54, 1.807) is 6.07 Å². The Bertz CT molecular complexity index is 690. The fraction of sp³-hybridized carbons (Fsp3) is 0.188. The Morgan fingerprint density at radius 1 is 1.05 bits per heavy atom. The van der Waals surface area contributed by atoms with Gasteiger partial charge in [0.2, 0.25) is 0 Å². The third-order valence-electron chi connectivity index (χ3n) is 3.61. The molecule has 0 bridgehead atoms. The summed E-state index contributed by atoms with van der Waals surface area (Å²) < 4.78 is 0. The highest BCUT2D eigenvalue weighted by Gasteiger charge is 2.22. The highest BCUT2D eigenvalue weighted by molar-refractivity contribution is 6.30. The minimum absolute atomic E-state index is 0.590. The number of hydrogen-bond donors (Lipinski definition) is 0. The van der Waals surface area contributed by atoms with Crippen LogP contribution in [0.2, 0.25) is 5.02 Å². The lowest BCUT2D eigenvalue weighted by Crippen LogP contribution is -2.36. The van der Waals surface area contributed by atoms with Gasteiger partial charge < -0.3 is 9.80 Å². The average Bonchev–Trinajstić information content (AvgIpc) is 2.48. The van der Waals surface area contributed by atoms with E-state index in [1.165, 1.54) is 5.69 Å². The normalized spacial score (nSPS) is 13.8. The summed E-state index contributed by atoms with van der Waals surface area (Å²) in [5, 5.41) is 9.92. The highest BCUT2D eigenvalue weighted by Crippen LogP contribution is 2.38. The minimum Gasteiger partial charge on any atom is -0.371 e. The molecule has 4 heteroatoms. The van der Waals surface area contributed by atoms with Crippen LogP contribution in [0.4, 0.5) is 17.1 Å². The van der Waals surface area contributed by atoms with Gasteiger partial charge in [0.05, 0.1) is 22.6 Å². The van der Waals surface area contributed by atoms with E-state index in [9.17, 15) is 5.26 Å². The van der Waals surface area contributed by atoms with E-state index in [2.05, 4.69) is 35.0 Å². The number of nitriles is 1. The van der Waals surface area contributed by atoms with Crippen LogP contribution in [0.5, 0.6) is 0 Å². The number of nitrogens with zero attached hydrogens (tertiary/aromatic N) is 3. The number of para-hydroxylation sites is 2. The summed E-state index contributed by atoms with van der Waals surface area (Å²) in [6.07, 6.45) is 0. The van der Waals surface area contributed by atoms with Gasteiger partial charge in [-0.2, -0.15) is 5.26 Å². The molecule has 3 nitrogen and oxygen atoms in total. The molecule has 0 atom stereocenters. The first-order chi connectivity index (χ1) is 9.70. The zero-order chi connectivity index (χ0) is 14.1. The first-order valence-corrected chi connectivity index (χ1v) is 6.86. The topological polar surface area (TPSA) is 30.3 Å². The molecule has 0 amide bonds. The van der Waals surface area contributed by atoms with E-state index in [0.29, 0.717) is 10.6 Å². The predicted octanol–water partition coefficient (Wildman–Crippen LogP) is 3.80. The Labute approximate surface area is 123 Å². The van der Waals surface area contributed by atoms with Crippen molar-refractivity contribution in [2.45, 2.75) is 0 Å². The maximum absolute atomic E-state index is 9.33. The van der Waals surface area contributed by atoms with Crippen molar-refractivity contribution in [3.8, 4) is 6.07 Å². The fourth-order valence-corrected chi connectivity index (χ4v) is 2.76. The molecule has 1 aliphatic rings. The van der Waals surface area contributed by atoms with E-state index in [1.807, 2.05) is 24.3 Å². The van der Waals surface area contributed by atoms with Crippen molar-refractivity contribution >= 4 is 28.7 Å². The van der Waals surface area contributed by atoms with E-state index in [4.69, 9.17) is 11.6 Å².